The number of carbonyl (C=O) groups is 3. The van der Waals surface area contributed by atoms with Gasteiger partial charge in [0.05, 0.1) is 29.3 Å². The van der Waals surface area contributed by atoms with Gasteiger partial charge in [0.1, 0.15) is 12.4 Å². The lowest BCUT2D eigenvalue weighted by atomic mass is 10.1. The van der Waals surface area contributed by atoms with Gasteiger partial charge < -0.3 is 9.47 Å². The number of hydrogen-bond donors (Lipinski definition) is 0. The molecule has 2 amide bonds. The normalized spacial score (nSPS) is 13.1. The third-order valence-electron chi connectivity index (χ3n) is 3.89. The van der Waals surface area contributed by atoms with Crippen molar-refractivity contribution in [3.8, 4) is 5.75 Å². The van der Waals surface area contributed by atoms with Crippen LogP contribution in [0.2, 0.25) is 0 Å². The Bertz CT molecular complexity index is 807. The molecule has 0 spiro atoms. The molecule has 3 rings (SSSR count). The molecule has 0 atom stereocenters. The van der Waals surface area contributed by atoms with E-state index in [9.17, 15) is 14.4 Å². The van der Waals surface area contributed by atoms with Crippen LogP contribution >= 0.6 is 0 Å². The Kier molecular flexibility index (Phi) is 5.02. The first-order valence-electron chi connectivity index (χ1n) is 8.36. The molecule has 0 saturated carbocycles. The van der Waals surface area contributed by atoms with Gasteiger partial charge >= 0.3 is 5.97 Å². The maximum absolute atomic E-state index is 12.2. The fraction of sp³-hybridized carbons (Fsp3) is 0.250. The highest BCUT2D eigenvalue weighted by Crippen LogP contribution is 2.22. The number of esters is 1. The van der Waals surface area contributed by atoms with E-state index >= 15 is 0 Å². The highest BCUT2D eigenvalue weighted by Gasteiger charge is 2.34. The van der Waals surface area contributed by atoms with Crippen molar-refractivity contribution < 1.29 is 23.9 Å². The van der Waals surface area contributed by atoms with E-state index in [1.165, 1.54) is 0 Å². The first-order valence-corrected chi connectivity index (χ1v) is 8.36. The van der Waals surface area contributed by atoms with E-state index in [1.54, 1.807) is 48.5 Å². The smallest absolute Gasteiger partial charge is 0.338 e. The van der Waals surface area contributed by atoms with Crippen LogP contribution in [0.25, 0.3) is 0 Å². The average molecular weight is 353 g/mol. The zero-order valence-electron chi connectivity index (χ0n) is 14.6. The summed E-state index contributed by atoms with van der Waals surface area (Å²) >= 11 is 0. The Morgan fingerprint density at radius 2 is 1.54 bits per heavy atom. The molecule has 0 radical (unpaired) electrons. The van der Waals surface area contributed by atoms with E-state index in [4.69, 9.17) is 9.47 Å². The number of benzene rings is 2. The molecule has 0 N–H and O–H groups in total. The van der Waals surface area contributed by atoms with Crippen LogP contribution in [0.4, 0.5) is 0 Å². The summed E-state index contributed by atoms with van der Waals surface area (Å²) in [5, 5.41) is 0. The minimum absolute atomic E-state index is 0.0205. The number of hydrogen-bond acceptors (Lipinski definition) is 5. The lowest BCUT2D eigenvalue weighted by molar-refractivity contribution is 0.0420. The quantitative estimate of drug-likeness (QED) is 0.590. The molecule has 0 bridgehead atoms. The van der Waals surface area contributed by atoms with Gasteiger partial charge in [-0.25, -0.2) is 4.79 Å². The van der Waals surface area contributed by atoms with E-state index in [2.05, 4.69) is 0 Å². The Hall–Kier alpha value is -3.15. The fourth-order valence-corrected chi connectivity index (χ4v) is 2.70. The Morgan fingerprint density at radius 1 is 0.962 bits per heavy atom. The van der Waals surface area contributed by atoms with Gasteiger partial charge in [-0.3, -0.25) is 14.5 Å². The molecular formula is C20H19NO5. The van der Waals surface area contributed by atoms with Crippen LogP contribution in [0.15, 0.2) is 48.5 Å². The Balaban J connectivity index is 1.55. The van der Waals surface area contributed by atoms with Crippen molar-refractivity contribution >= 4 is 17.8 Å². The molecule has 0 fully saturated rings. The molecule has 0 saturated heterocycles. The van der Waals surface area contributed by atoms with Gasteiger partial charge in [0, 0.05) is 0 Å². The second kappa shape index (κ2) is 7.39. The molecule has 1 aliphatic rings. The van der Waals surface area contributed by atoms with Gasteiger partial charge in [0.25, 0.3) is 11.8 Å². The summed E-state index contributed by atoms with van der Waals surface area (Å²) in [4.78, 5) is 37.6. The molecular weight excluding hydrogens is 334 g/mol. The molecule has 1 aliphatic heterocycles. The van der Waals surface area contributed by atoms with Gasteiger partial charge in [-0.1, -0.05) is 12.1 Å². The highest BCUT2D eigenvalue weighted by atomic mass is 16.5. The van der Waals surface area contributed by atoms with Crippen LogP contribution < -0.4 is 4.74 Å². The van der Waals surface area contributed by atoms with Crippen molar-refractivity contribution in [2.45, 2.75) is 20.0 Å². The number of carbonyl (C=O) groups excluding carboxylic acids is 3. The Labute approximate surface area is 151 Å². The summed E-state index contributed by atoms with van der Waals surface area (Å²) in [6.45, 7) is 3.80. The summed E-state index contributed by atoms with van der Waals surface area (Å²) in [7, 11) is 0. The number of rotatable bonds is 6. The van der Waals surface area contributed by atoms with Crippen molar-refractivity contribution in [1.29, 1.82) is 0 Å². The molecule has 134 valence electrons. The maximum atomic E-state index is 12.2. The summed E-state index contributed by atoms with van der Waals surface area (Å²) in [5.74, 6) is -0.575. The standard InChI is InChI=1S/C20H19NO5/c1-13(2)26-15-9-7-14(8-10-15)20(24)25-12-11-21-18(22)16-5-3-4-6-17(16)19(21)23/h3-10,13H,11-12H2,1-2H3. The van der Waals surface area contributed by atoms with Gasteiger partial charge in [-0.05, 0) is 50.2 Å². The molecule has 2 aromatic carbocycles. The third-order valence-corrected chi connectivity index (χ3v) is 3.89. The van der Waals surface area contributed by atoms with Crippen molar-refractivity contribution in [2.24, 2.45) is 0 Å². The highest BCUT2D eigenvalue weighted by molar-refractivity contribution is 6.21. The number of imide groups is 1. The molecule has 26 heavy (non-hydrogen) atoms. The van der Waals surface area contributed by atoms with E-state index < -0.39 is 5.97 Å². The molecule has 1 heterocycles. The number of ether oxygens (including phenoxy) is 2. The lowest BCUT2D eigenvalue weighted by Crippen LogP contribution is -2.33. The molecule has 2 aromatic rings. The summed E-state index contributed by atoms with van der Waals surface area (Å²) in [6, 6.07) is 13.3. The van der Waals surface area contributed by atoms with Crippen LogP contribution in [0, 0.1) is 0 Å². The monoisotopic (exact) mass is 353 g/mol. The van der Waals surface area contributed by atoms with E-state index in [0.29, 0.717) is 22.4 Å². The molecule has 6 nitrogen and oxygen atoms in total. The SMILES string of the molecule is CC(C)Oc1ccc(C(=O)OCCN2C(=O)c3ccccc3C2=O)cc1. The molecule has 0 aliphatic carbocycles. The fourth-order valence-electron chi connectivity index (χ4n) is 2.70. The van der Waals surface area contributed by atoms with Gasteiger partial charge in [-0.2, -0.15) is 0 Å². The van der Waals surface area contributed by atoms with E-state index in [0.717, 1.165) is 4.90 Å². The van der Waals surface area contributed by atoms with Crippen molar-refractivity contribution in [1.82, 2.24) is 4.90 Å². The maximum Gasteiger partial charge on any atom is 0.338 e. The van der Waals surface area contributed by atoms with Crippen molar-refractivity contribution in [3.05, 3.63) is 65.2 Å². The average Bonchev–Trinajstić information content (AvgIpc) is 2.87. The van der Waals surface area contributed by atoms with Crippen LogP contribution in [0.1, 0.15) is 44.9 Å². The minimum Gasteiger partial charge on any atom is -0.491 e. The Morgan fingerprint density at radius 3 is 2.08 bits per heavy atom. The topological polar surface area (TPSA) is 72.9 Å². The minimum atomic E-state index is -0.516. The van der Waals surface area contributed by atoms with Crippen molar-refractivity contribution in [3.63, 3.8) is 0 Å². The number of fused-ring (bicyclic) bond motifs is 1. The van der Waals surface area contributed by atoms with Crippen LogP contribution in [0.5, 0.6) is 5.75 Å². The number of nitrogens with zero attached hydrogens (tertiary/aromatic N) is 1. The van der Waals surface area contributed by atoms with E-state index in [-0.39, 0.29) is 31.1 Å². The predicted octanol–water partition coefficient (Wildman–Crippen LogP) is 2.93. The number of amides is 2. The van der Waals surface area contributed by atoms with Gasteiger partial charge in [-0.15, -0.1) is 0 Å². The summed E-state index contributed by atoms with van der Waals surface area (Å²) in [6.07, 6.45) is 0.0486. The van der Waals surface area contributed by atoms with E-state index in [1.807, 2.05) is 13.8 Å². The predicted molar refractivity (Wildman–Crippen MR) is 94.3 cm³/mol. The zero-order valence-corrected chi connectivity index (χ0v) is 14.6. The second-order valence-electron chi connectivity index (χ2n) is 6.13. The summed E-state index contributed by atoms with van der Waals surface area (Å²) in [5.41, 5.74) is 1.14. The second-order valence-corrected chi connectivity index (χ2v) is 6.13. The van der Waals surface area contributed by atoms with Crippen LogP contribution in [0.3, 0.4) is 0 Å². The first kappa shape index (κ1) is 17.7. The van der Waals surface area contributed by atoms with Crippen LogP contribution in [-0.4, -0.2) is 41.9 Å². The summed E-state index contributed by atoms with van der Waals surface area (Å²) < 4.78 is 10.7. The largest absolute Gasteiger partial charge is 0.491 e. The van der Waals surface area contributed by atoms with Gasteiger partial charge in [0.2, 0.25) is 0 Å². The molecule has 0 aromatic heterocycles. The first-order chi connectivity index (χ1) is 12.5. The molecule has 0 unspecified atom stereocenters. The zero-order chi connectivity index (χ0) is 18.7. The van der Waals surface area contributed by atoms with Crippen LogP contribution in [-0.2, 0) is 4.74 Å². The lowest BCUT2D eigenvalue weighted by Gasteiger charge is -2.14. The van der Waals surface area contributed by atoms with Gasteiger partial charge in [0.15, 0.2) is 0 Å². The molecule has 6 heteroatoms. The van der Waals surface area contributed by atoms with Crippen molar-refractivity contribution in [2.75, 3.05) is 13.2 Å². The third kappa shape index (κ3) is 3.59.